The van der Waals surface area contributed by atoms with Crippen molar-refractivity contribution in [3.05, 3.63) is 49.9 Å². The van der Waals surface area contributed by atoms with Gasteiger partial charge in [0.2, 0.25) is 0 Å². The van der Waals surface area contributed by atoms with Crippen LogP contribution in [0.4, 0.5) is 0 Å². The fourth-order valence-corrected chi connectivity index (χ4v) is 4.15. The molecular formula is C15H10N2S3. The first kappa shape index (κ1) is 13.3. The lowest BCUT2D eigenvalue weighted by atomic mass is 10.2. The Hall–Kier alpha value is -1.74. The van der Waals surface area contributed by atoms with Gasteiger partial charge in [0.25, 0.3) is 0 Å². The van der Waals surface area contributed by atoms with Gasteiger partial charge in [-0.15, -0.1) is 34.0 Å². The largest absolute Gasteiger partial charge is 0.241 e. The second-order valence-corrected chi connectivity index (χ2v) is 6.93. The van der Waals surface area contributed by atoms with Crippen LogP contribution in [0.15, 0.2) is 34.3 Å². The normalized spacial score (nSPS) is 11.5. The monoisotopic (exact) mass is 314 g/mol. The van der Waals surface area contributed by atoms with Crippen molar-refractivity contribution in [3.8, 4) is 16.5 Å². The molecule has 3 aromatic rings. The Labute approximate surface area is 129 Å². The molecule has 0 spiro atoms. The molecule has 0 saturated carbocycles. The van der Waals surface area contributed by atoms with Crippen molar-refractivity contribution in [1.29, 1.82) is 5.26 Å². The Kier molecular flexibility index (Phi) is 3.79. The van der Waals surface area contributed by atoms with Crippen LogP contribution in [-0.4, -0.2) is 4.98 Å². The van der Waals surface area contributed by atoms with Gasteiger partial charge in [-0.25, -0.2) is 4.98 Å². The predicted octanol–water partition coefficient (Wildman–Crippen LogP) is 5.31. The Bertz CT molecular complexity index is 785. The molecule has 0 aliphatic rings. The SMILES string of the molecule is Cc1csc(/C(C#N)=C/c2cc(-c3cccs3)cs2)n1. The highest BCUT2D eigenvalue weighted by atomic mass is 32.1. The number of aromatic nitrogens is 1. The van der Waals surface area contributed by atoms with Crippen LogP contribution in [0.2, 0.25) is 0 Å². The average Bonchev–Trinajstić information content (AvgIpc) is 3.16. The van der Waals surface area contributed by atoms with E-state index < -0.39 is 0 Å². The van der Waals surface area contributed by atoms with E-state index in [1.807, 2.05) is 24.4 Å². The molecule has 3 rings (SSSR count). The highest BCUT2D eigenvalue weighted by molar-refractivity contribution is 7.15. The fraction of sp³-hybridized carbons (Fsp3) is 0.0667. The maximum atomic E-state index is 9.30. The third-order valence-corrected chi connectivity index (χ3v) is 5.47. The van der Waals surface area contributed by atoms with Crippen molar-refractivity contribution in [3.63, 3.8) is 0 Å². The van der Waals surface area contributed by atoms with E-state index in [0.717, 1.165) is 15.6 Å². The molecule has 3 aromatic heterocycles. The minimum absolute atomic E-state index is 0.627. The third kappa shape index (κ3) is 2.73. The summed E-state index contributed by atoms with van der Waals surface area (Å²) >= 11 is 4.88. The number of nitriles is 1. The zero-order chi connectivity index (χ0) is 13.9. The van der Waals surface area contributed by atoms with Gasteiger partial charge in [0.15, 0.2) is 0 Å². The summed E-state index contributed by atoms with van der Waals surface area (Å²) in [6.07, 6.45) is 1.92. The smallest absolute Gasteiger partial charge is 0.134 e. The first-order chi connectivity index (χ1) is 9.76. The molecule has 5 heteroatoms. The lowest BCUT2D eigenvalue weighted by Crippen LogP contribution is -1.79. The highest BCUT2D eigenvalue weighted by Crippen LogP contribution is 2.31. The molecule has 2 nitrogen and oxygen atoms in total. The van der Waals surface area contributed by atoms with Crippen molar-refractivity contribution in [2.75, 3.05) is 0 Å². The van der Waals surface area contributed by atoms with Gasteiger partial charge in [0.1, 0.15) is 11.1 Å². The van der Waals surface area contributed by atoms with Crippen LogP contribution in [0.5, 0.6) is 0 Å². The number of aryl methyl sites for hydroxylation is 1. The summed E-state index contributed by atoms with van der Waals surface area (Å²) in [6, 6.07) is 8.52. The molecule has 0 radical (unpaired) electrons. The van der Waals surface area contributed by atoms with Gasteiger partial charge in [-0.3, -0.25) is 0 Å². The molecule has 0 aliphatic carbocycles. The standard InChI is InChI=1S/C15H10N2S3/c1-10-8-20-15(17-10)11(7-16)5-13-6-12(9-19-13)14-3-2-4-18-14/h2-6,8-9H,1H3/b11-5+. The van der Waals surface area contributed by atoms with Crippen molar-refractivity contribution in [1.82, 2.24) is 4.98 Å². The van der Waals surface area contributed by atoms with Gasteiger partial charge in [-0.05, 0) is 35.9 Å². The van der Waals surface area contributed by atoms with Gasteiger partial charge in [-0.1, -0.05) is 6.07 Å². The van der Waals surface area contributed by atoms with Crippen molar-refractivity contribution in [2.45, 2.75) is 6.92 Å². The molecule has 0 aliphatic heterocycles. The first-order valence-corrected chi connectivity index (χ1v) is 8.57. The van der Waals surface area contributed by atoms with Gasteiger partial charge >= 0.3 is 0 Å². The minimum atomic E-state index is 0.627. The van der Waals surface area contributed by atoms with Crippen LogP contribution in [-0.2, 0) is 0 Å². The summed E-state index contributed by atoms with van der Waals surface area (Å²) in [5.41, 5.74) is 2.79. The van der Waals surface area contributed by atoms with Gasteiger partial charge < -0.3 is 0 Å². The van der Waals surface area contributed by atoms with Crippen molar-refractivity contribution in [2.24, 2.45) is 0 Å². The fourth-order valence-electron chi connectivity index (χ4n) is 1.76. The molecule has 0 amide bonds. The molecular weight excluding hydrogens is 304 g/mol. The van der Waals surface area contributed by atoms with Gasteiger partial charge in [-0.2, -0.15) is 5.26 Å². The lowest BCUT2D eigenvalue weighted by Gasteiger charge is -1.91. The van der Waals surface area contributed by atoms with E-state index in [2.05, 4.69) is 33.9 Å². The Balaban J connectivity index is 1.93. The summed E-state index contributed by atoms with van der Waals surface area (Å²) in [5.74, 6) is 0. The van der Waals surface area contributed by atoms with E-state index >= 15 is 0 Å². The molecule has 0 saturated heterocycles. The van der Waals surface area contributed by atoms with E-state index in [-0.39, 0.29) is 0 Å². The van der Waals surface area contributed by atoms with E-state index in [0.29, 0.717) is 5.57 Å². The highest BCUT2D eigenvalue weighted by Gasteiger charge is 2.07. The zero-order valence-electron chi connectivity index (χ0n) is 10.7. The summed E-state index contributed by atoms with van der Waals surface area (Å²) in [4.78, 5) is 6.70. The number of thiazole rings is 1. The van der Waals surface area contributed by atoms with E-state index in [1.54, 1.807) is 22.7 Å². The molecule has 0 aromatic carbocycles. The van der Waals surface area contributed by atoms with Crippen molar-refractivity contribution >= 4 is 45.7 Å². The number of thiophene rings is 2. The minimum Gasteiger partial charge on any atom is -0.241 e. The summed E-state index contributed by atoms with van der Waals surface area (Å²) in [5, 5.41) is 16.2. The average molecular weight is 314 g/mol. The quantitative estimate of drug-likeness (QED) is 0.615. The van der Waals surface area contributed by atoms with E-state index in [4.69, 9.17) is 0 Å². The Morgan fingerprint density at radius 1 is 1.30 bits per heavy atom. The second kappa shape index (κ2) is 5.71. The lowest BCUT2D eigenvalue weighted by molar-refractivity contribution is 1.25. The molecule has 3 heterocycles. The zero-order valence-corrected chi connectivity index (χ0v) is 13.1. The number of hydrogen-bond donors (Lipinski definition) is 0. The van der Waals surface area contributed by atoms with Gasteiger partial charge in [0.05, 0.1) is 5.57 Å². The molecule has 98 valence electrons. The van der Waals surface area contributed by atoms with Crippen LogP contribution >= 0.6 is 34.0 Å². The van der Waals surface area contributed by atoms with Crippen molar-refractivity contribution < 1.29 is 0 Å². The molecule has 20 heavy (non-hydrogen) atoms. The Morgan fingerprint density at radius 3 is 2.85 bits per heavy atom. The van der Waals surface area contributed by atoms with E-state index in [1.165, 1.54) is 21.8 Å². The topological polar surface area (TPSA) is 36.7 Å². The molecule has 0 bridgehead atoms. The van der Waals surface area contributed by atoms with Crippen LogP contribution in [0, 0.1) is 18.3 Å². The summed E-state index contributed by atoms with van der Waals surface area (Å²) in [6.45, 7) is 1.94. The number of nitrogens with zero attached hydrogens (tertiary/aromatic N) is 2. The van der Waals surface area contributed by atoms with Crippen LogP contribution in [0.1, 0.15) is 15.6 Å². The van der Waals surface area contributed by atoms with Gasteiger partial charge in [0, 0.05) is 26.4 Å². The molecule has 0 N–H and O–H groups in total. The molecule has 0 fully saturated rings. The number of hydrogen-bond acceptors (Lipinski definition) is 5. The number of rotatable bonds is 3. The maximum Gasteiger partial charge on any atom is 0.134 e. The van der Waals surface area contributed by atoms with Crippen LogP contribution < -0.4 is 0 Å². The third-order valence-electron chi connectivity index (χ3n) is 2.68. The van der Waals surface area contributed by atoms with Crippen LogP contribution in [0.25, 0.3) is 22.1 Å². The Morgan fingerprint density at radius 2 is 2.20 bits per heavy atom. The second-order valence-electron chi connectivity index (χ2n) is 4.18. The first-order valence-electron chi connectivity index (χ1n) is 5.93. The maximum absolute atomic E-state index is 9.30. The molecule has 0 atom stereocenters. The summed E-state index contributed by atoms with van der Waals surface area (Å²) < 4.78 is 0. The molecule has 0 unspecified atom stereocenters. The predicted molar refractivity (Wildman–Crippen MR) is 88.0 cm³/mol. The number of allylic oxidation sites excluding steroid dienone is 1. The van der Waals surface area contributed by atoms with Crippen LogP contribution in [0.3, 0.4) is 0 Å². The summed E-state index contributed by atoms with van der Waals surface area (Å²) in [7, 11) is 0. The van der Waals surface area contributed by atoms with E-state index in [9.17, 15) is 5.26 Å².